The van der Waals surface area contributed by atoms with E-state index in [0.29, 0.717) is 5.41 Å². The van der Waals surface area contributed by atoms with E-state index in [1.807, 2.05) is 6.07 Å². The Kier molecular flexibility index (Phi) is 2.02. The normalized spacial score (nSPS) is 25.1. The van der Waals surface area contributed by atoms with Gasteiger partial charge in [0, 0.05) is 5.56 Å². The second-order valence-electron chi connectivity index (χ2n) is 6.93. The topological polar surface area (TPSA) is 30.7 Å². The quantitative estimate of drug-likeness (QED) is 0.677. The van der Waals surface area contributed by atoms with Crippen LogP contribution in [-0.2, 0) is 6.42 Å². The third-order valence-electron chi connectivity index (χ3n) is 5.44. The Labute approximate surface area is 127 Å². The Balaban J connectivity index is 1.69. The Morgan fingerprint density at radius 2 is 2.10 bits per heavy atom. The van der Waals surface area contributed by atoms with Crippen LogP contribution in [0.15, 0.2) is 24.3 Å². The highest BCUT2D eigenvalue weighted by Gasteiger charge is 2.63. The number of thiazole rings is 1. The van der Waals surface area contributed by atoms with Crippen LogP contribution >= 0.6 is 11.3 Å². The van der Waals surface area contributed by atoms with E-state index in [1.165, 1.54) is 21.7 Å². The summed E-state index contributed by atoms with van der Waals surface area (Å²) in [6, 6.07) is 8.32. The maximum atomic E-state index is 4.80. The van der Waals surface area contributed by atoms with Gasteiger partial charge < -0.3 is 0 Å². The Morgan fingerprint density at radius 3 is 2.90 bits per heavy atom. The van der Waals surface area contributed by atoms with E-state index in [2.05, 4.69) is 43.7 Å². The second kappa shape index (κ2) is 3.55. The van der Waals surface area contributed by atoms with Gasteiger partial charge >= 0.3 is 0 Å². The molecule has 0 amide bonds. The molecule has 2 atom stereocenters. The number of benzene rings is 1. The predicted octanol–water partition coefficient (Wildman–Crippen LogP) is 4.09. The molecule has 0 N–H and O–H groups in total. The van der Waals surface area contributed by atoms with Crippen LogP contribution in [-0.4, -0.2) is 14.8 Å². The van der Waals surface area contributed by atoms with Crippen molar-refractivity contribution in [2.45, 2.75) is 33.1 Å². The van der Waals surface area contributed by atoms with Crippen molar-refractivity contribution in [1.82, 2.24) is 14.8 Å². The summed E-state index contributed by atoms with van der Waals surface area (Å²) in [7, 11) is 0. The minimum Gasteiger partial charge on any atom is -0.218 e. The molecule has 2 unspecified atom stereocenters. The zero-order valence-corrected chi connectivity index (χ0v) is 13.2. The fourth-order valence-corrected chi connectivity index (χ4v) is 5.15. The van der Waals surface area contributed by atoms with E-state index in [4.69, 9.17) is 10.1 Å². The first kappa shape index (κ1) is 11.9. The molecule has 21 heavy (non-hydrogen) atoms. The van der Waals surface area contributed by atoms with Crippen molar-refractivity contribution in [3.63, 3.8) is 0 Å². The molecule has 3 nitrogen and oxygen atoms in total. The summed E-state index contributed by atoms with van der Waals surface area (Å²) in [5, 5.41) is 5.82. The lowest BCUT2D eigenvalue weighted by molar-refractivity contribution is 0.532. The fraction of sp³-hybridized carbons (Fsp3) is 0.412. The van der Waals surface area contributed by atoms with Crippen LogP contribution in [0.2, 0.25) is 0 Å². The standard InChI is InChI=1S/C17H17N3S/c1-9-14-12(8-10-15(14)17(10,2)3)20(19-9)16-18-11-6-4-5-7-13(11)21-16/h4-7,10,15H,8H2,1-3H3. The van der Waals surface area contributed by atoms with Gasteiger partial charge in [-0.3, -0.25) is 0 Å². The van der Waals surface area contributed by atoms with E-state index < -0.39 is 0 Å². The molecular weight excluding hydrogens is 278 g/mol. The molecule has 1 fully saturated rings. The van der Waals surface area contributed by atoms with E-state index in [9.17, 15) is 0 Å². The number of hydrogen-bond donors (Lipinski definition) is 0. The molecule has 0 aliphatic heterocycles. The third-order valence-corrected chi connectivity index (χ3v) is 6.46. The number of fused-ring (bicyclic) bond motifs is 4. The molecular formula is C17H17N3S. The van der Waals surface area contributed by atoms with Crippen LogP contribution in [0, 0.1) is 18.3 Å². The lowest BCUT2D eigenvalue weighted by Crippen LogP contribution is -2.05. The first-order valence-corrected chi connectivity index (χ1v) is 8.33. The van der Waals surface area contributed by atoms with Crippen molar-refractivity contribution in [3.05, 3.63) is 41.2 Å². The molecule has 1 saturated carbocycles. The van der Waals surface area contributed by atoms with Gasteiger partial charge in [0.05, 0.1) is 21.6 Å². The highest BCUT2D eigenvalue weighted by molar-refractivity contribution is 7.20. The summed E-state index contributed by atoms with van der Waals surface area (Å²) in [4.78, 5) is 4.77. The summed E-state index contributed by atoms with van der Waals surface area (Å²) in [5.74, 6) is 1.53. The Bertz CT molecular complexity index is 854. The smallest absolute Gasteiger partial charge is 0.211 e. The molecule has 106 valence electrons. The lowest BCUT2D eigenvalue weighted by atomic mass is 9.98. The van der Waals surface area contributed by atoms with Crippen LogP contribution in [0.4, 0.5) is 0 Å². The van der Waals surface area contributed by atoms with Crippen molar-refractivity contribution in [1.29, 1.82) is 0 Å². The largest absolute Gasteiger partial charge is 0.218 e. The molecule has 5 rings (SSSR count). The number of rotatable bonds is 1. The molecule has 2 aliphatic carbocycles. The van der Waals surface area contributed by atoms with Gasteiger partial charge in [-0.15, -0.1) is 0 Å². The molecule has 0 bridgehead atoms. The summed E-state index contributed by atoms with van der Waals surface area (Å²) in [6.07, 6.45) is 1.16. The second-order valence-corrected chi connectivity index (χ2v) is 7.94. The maximum absolute atomic E-state index is 4.80. The highest BCUT2D eigenvalue weighted by atomic mass is 32.1. The predicted molar refractivity (Wildman–Crippen MR) is 85.2 cm³/mol. The van der Waals surface area contributed by atoms with Gasteiger partial charge in [-0.25, -0.2) is 9.67 Å². The zero-order valence-electron chi connectivity index (χ0n) is 12.4. The van der Waals surface area contributed by atoms with Gasteiger partial charge in [0.25, 0.3) is 0 Å². The van der Waals surface area contributed by atoms with Crippen LogP contribution < -0.4 is 0 Å². The zero-order chi connectivity index (χ0) is 14.4. The van der Waals surface area contributed by atoms with Crippen molar-refractivity contribution in [2.75, 3.05) is 0 Å². The minimum absolute atomic E-state index is 0.471. The van der Waals surface area contributed by atoms with E-state index in [0.717, 1.165) is 28.9 Å². The number of aryl methyl sites for hydroxylation is 1. The van der Waals surface area contributed by atoms with Gasteiger partial charge in [0.2, 0.25) is 5.13 Å². The van der Waals surface area contributed by atoms with Crippen LogP contribution in [0.25, 0.3) is 15.3 Å². The first-order chi connectivity index (χ1) is 10.1. The van der Waals surface area contributed by atoms with Gasteiger partial charge in [0.1, 0.15) is 0 Å². The van der Waals surface area contributed by atoms with Gasteiger partial charge in [-0.05, 0) is 42.7 Å². The Morgan fingerprint density at radius 1 is 1.29 bits per heavy atom. The summed E-state index contributed by atoms with van der Waals surface area (Å²) in [5.41, 5.74) is 5.65. The van der Waals surface area contributed by atoms with Gasteiger partial charge in [-0.2, -0.15) is 5.10 Å². The summed E-state index contributed by atoms with van der Waals surface area (Å²) < 4.78 is 3.34. The number of para-hydroxylation sites is 1. The Hall–Kier alpha value is -1.68. The molecule has 0 radical (unpaired) electrons. The van der Waals surface area contributed by atoms with Crippen LogP contribution in [0.3, 0.4) is 0 Å². The first-order valence-electron chi connectivity index (χ1n) is 7.51. The van der Waals surface area contributed by atoms with E-state index >= 15 is 0 Å². The summed E-state index contributed by atoms with van der Waals surface area (Å²) in [6.45, 7) is 6.93. The third kappa shape index (κ3) is 1.39. The van der Waals surface area contributed by atoms with Crippen LogP contribution in [0.1, 0.15) is 36.7 Å². The number of aromatic nitrogens is 3. The molecule has 3 aromatic rings. The van der Waals surface area contributed by atoms with Crippen molar-refractivity contribution < 1.29 is 0 Å². The lowest BCUT2D eigenvalue weighted by Gasteiger charge is -2.09. The summed E-state index contributed by atoms with van der Waals surface area (Å²) >= 11 is 1.74. The molecule has 2 aliphatic rings. The van der Waals surface area contributed by atoms with Gasteiger partial charge in [0.15, 0.2) is 0 Å². The molecule has 2 heterocycles. The highest BCUT2D eigenvalue weighted by Crippen LogP contribution is 2.70. The average Bonchev–Trinajstić information content (AvgIpc) is 2.93. The monoisotopic (exact) mass is 295 g/mol. The van der Waals surface area contributed by atoms with E-state index in [-0.39, 0.29) is 0 Å². The van der Waals surface area contributed by atoms with Gasteiger partial charge in [-0.1, -0.05) is 37.3 Å². The van der Waals surface area contributed by atoms with E-state index in [1.54, 1.807) is 11.3 Å². The minimum atomic E-state index is 0.471. The molecule has 2 aromatic heterocycles. The van der Waals surface area contributed by atoms with Crippen molar-refractivity contribution in [2.24, 2.45) is 11.3 Å². The van der Waals surface area contributed by atoms with Crippen LogP contribution in [0.5, 0.6) is 0 Å². The SMILES string of the molecule is Cc1nn(-c2nc3ccccc3s2)c2c1C1C(C2)C1(C)C. The molecule has 0 spiro atoms. The number of hydrogen-bond acceptors (Lipinski definition) is 3. The van der Waals surface area contributed by atoms with Crippen molar-refractivity contribution >= 4 is 21.6 Å². The molecule has 1 aromatic carbocycles. The van der Waals surface area contributed by atoms with Crippen molar-refractivity contribution in [3.8, 4) is 5.13 Å². The average molecular weight is 295 g/mol. The fourth-order valence-electron chi connectivity index (χ4n) is 4.20. The molecule has 0 saturated heterocycles. The number of nitrogens with zero attached hydrogens (tertiary/aromatic N) is 3. The maximum Gasteiger partial charge on any atom is 0.211 e. The molecule has 4 heteroatoms.